The molecule has 0 amide bonds. The second kappa shape index (κ2) is 7.03. The van der Waals surface area contributed by atoms with Crippen molar-refractivity contribution in [2.24, 2.45) is 0 Å². The number of fused-ring (bicyclic) bond motifs is 3. The standard InChI is InChI=1S/C23H26ClNOS/c1-14-19-20-16(11-24)12-25-17(20)10-18(21(19)27-22(14)23(2,3)4)26-13-15-8-6-5-7-9-15/h5-10,16,25H,11-13H2,1-4H3/t16-/m1/s1. The highest BCUT2D eigenvalue weighted by Gasteiger charge is 2.31. The molecule has 27 heavy (non-hydrogen) atoms. The van der Waals surface area contributed by atoms with E-state index in [-0.39, 0.29) is 5.41 Å². The van der Waals surface area contributed by atoms with Crippen molar-refractivity contribution >= 4 is 38.7 Å². The number of anilines is 1. The minimum Gasteiger partial charge on any atom is -0.487 e. The first kappa shape index (κ1) is 18.6. The second-order valence-electron chi connectivity index (χ2n) is 8.35. The number of nitrogens with one attached hydrogen (secondary N) is 1. The van der Waals surface area contributed by atoms with Crippen LogP contribution < -0.4 is 10.1 Å². The molecule has 2 nitrogen and oxygen atoms in total. The van der Waals surface area contributed by atoms with Crippen LogP contribution in [0.5, 0.6) is 5.75 Å². The van der Waals surface area contributed by atoms with E-state index in [9.17, 15) is 0 Å². The van der Waals surface area contributed by atoms with Crippen LogP contribution in [0.1, 0.15) is 48.3 Å². The summed E-state index contributed by atoms with van der Waals surface area (Å²) in [4.78, 5) is 1.43. The Bertz CT molecular complexity index is 972. The van der Waals surface area contributed by atoms with Crippen LogP contribution in [-0.2, 0) is 12.0 Å². The number of hydrogen-bond donors (Lipinski definition) is 1. The molecule has 2 heterocycles. The normalized spacial score (nSPS) is 16.4. The number of rotatable bonds is 4. The molecular formula is C23H26ClNOS. The van der Waals surface area contributed by atoms with Gasteiger partial charge in [-0.2, -0.15) is 0 Å². The van der Waals surface area contributed by atoms with Crippen molar-refractivity contribution in [3.63, 3.8) is 0 Å². The molecule has 142 valence electrons. The Labute approximate surface area is 170 Å². The monoisotopic (exact) mass is 399 g/mol. The molecule has 0 saturated carbocycles. The zero-order valence-corrected chi connectivity index (χ0v) is 17.9. The van der Waals surface area contributed by atoms with Crippen molar-refractivity contribution < 1.29 is 4.74 Å². The summed E-state index contributed by atoms with van der Waals surface area (Å²) in [7, 11) is 0. The van der Waals surface area contributed by atoms with Crippen molar-refractivity contribution in [1.29, 1.82) is 0 Å². The summed E-state index contributed by atoms with van der Waals surface area (Å²) in [5, 5.41) is 4.90. The lowest BCUT2D eigenvalue weighted by atomic mass is 9.89. The van der Waals surface area contributed by atoms with Gasteiger partial charge in [0.05, 0.1) is 4.70 Å². The van der Waals surface area contributed by atoms with Crippen molar-refractivity contribution in [3.05, 3.63) is 58.0 Å². The van der Waals surface area contributed by atoms with Crippen LogP contribution in [0.15, 0.2) is 36.4 Å². The van der Waals surface area contributed by atoms with E-state index in [1.54, 1.807) is 0 Å². The highest BCUT2D eigenvalue weighted by Crippen LogP contribution is 2.50. The molecule has 0 fully saturated rings. The molecule has 0 aliphatic carbocycles. The number of thiophene rings is 1. The number of benzene rings is 2. The molecule has 0 saturated heterocycles. The average Bonchev–Trinajstić information content (AvgIpc) is 3.21. The minimum atomic E-state index is 0.111. The van der Waals surface area contributed by atoms with Crippen LogP contribution in [0.3, 0.4) is 0 Å². The number of alkyl halides is 1. The summed E-state index contributed by atoms with van der Waals surface area (Å²) in [6, 6.07) is 12.5. The van der Waals surface area contributed by atoms with Gasteiger partial charge in [0.1, 0.15) is 12.4 Å². The fraction of sp³-hybridized carbons (Fsp3) is 0.391. The van der Waals surface area contributed by atoms with E-state index in [1.807, 2.05) is 17.4 Å². The van der Waals surface area contributed by atoms with Crippen LogP contribution in [0.2, 0.25) is 0 Å². The maximum Gasteiger partial charge on any atom is 0.139 e. The predicted molar refractivity (Wildman–Crippen MR) is 118 cm³/mol. The summed E-state index contributed by atoms with van der Waals surface area (Å²) in [5.41, 5.74) is 5.22. The summed E-state index contributed by atoms with van der Waals surface area (Å²) >= 11 is 8.17. The molecule has 1 aliphatic rings. The number of aryl methyl sites for hydroxylation is 1. The Kier molecular flexibility index (Phi) is 4.85. The SMILES string of the molecule is Cc1c(C(C)(C)C)sc2c(OCc3ccccc3)cc3c(c12)[C@H](CCl)CN3. The van der Waals surface area contributed by atoms with Gasteiger partial charge in [-0.25, -0.2) is 0 Å². The molecule has 1 aromatic heterocycles. The van der Waals surface area contributed by atoms with Gasteiger partial charge in [0.25, 0.3) is 0 Å². The third kappa shape index (κ3) is 3.32. The third-order valence-corrected chi connectivity index (χ3v) is 7.36. The number of hydrogen-bond acceptors (Lipinski definition) is 3. The lowest BCUT2D eigenvalue weighted by Gasteiger charge is -2.17. The van der Waals surface area contributed by atoms with Gasteiger partial charge in [-0.15, -0.1) is 22.9 Å². The van der Waals surface area contributed by atoms with Crippen molar-refractivity contribution in [1.82, 2.24) is 0 Å². The van der Waals surface area contributed by atoms with E-state index in [1.165, 1.54) is 37.3 Å². The van der Waals surface area contributed by atoms with Gasteiger partial charge in [0, 0.05) is 40.4 Å². The summed E-state index contributed by atoms with van der Waals surface area (Å²) < 4.78 is 7.57. The number of halogens is 1. The lowest BCUT2D eigenvalue weighted by Crippen LogP contribution is -2.10. The van der Waals surface area contributed by atoms with E-state index in [0.717, 1.165) is 12.3 Å². The fourth-order valence-electron chi connectivity index (χ4n) is 4.02. The van der Waals surface area contributed by atoms with E-state index < -0.39 is 0 Å². The molecule has 4 heteroatoms. The Balaban J connectivity index is 1.86. The molecule has 4 rings (SSSR count). The Morgan fingerprint density at radius 1 is 1.22 bits per heavy atom. The van der Waals surface area contributed by atoms with E-state index >= 15 is 0 Å². The first-order valence-corrected chi connectivity index (χ1v) is 10.8. The first-order valence-electron chi connectivity index (χ1n) is 9.47. The highest BCUT2D eigenvalue weighted by molar-refractivity contribution is 7.19. The second-order valence-corrected chi connectivity index (χ2v) is 9.68. The fourth-order valence-corrected chi connectivity index (χ4v) is 5.63. The minimum absolute atomic E-state index is 0.111. The Hall–Kier alpha value is -1.71. The van der Waals surface area contributed by atoms with Crippen LogP contribution >= 0.6 is 22.9 Å². The first-order chi connectivity index (χ1) is 12.9. The van der Waals surface area contributed by atoms with Gasteiger partial charge >= 0.3 is 0 Å². The summed E-state index contributed by atoms with van der Waals surface area (Å²) in [6.07, 6.45) is 0. The largest absolute Gasteiger partial charge is 0.487 e. The third-order valence-electron chi connectivity index (χ3n) is 5.26. The molecule has 1 aliphatic heterocycles. The maximum absolute atomic E-state index is 6.32. The average molecular weight is 400 g/mol. The summed E-state index contributed by atoms with van der Waals surface area (Å²) in [5.74, 6) is 1.96. The van der Waals surface area contributed by atoms with Gasteiger partial charge in [-0.05, 0) is 29.0 Å². The zero-order chi connectivity index (χ0) is 19.2. The van der Waals surface area contributed by atoms with E-state index in [2.05, 4.69) is 63.3 Å². The molecule has 0 bridgehead atoms. The van der Waals surface area contributed by atoms with Crippen LogP contribution in [-0.4, -0.2) is 12.4 Å². The molecule has 3 aromatic rings. The smallest absolute Gasteiger partial charge is 0.139 e. The molecule has 2 aromatic carbocycles. The van der Waals surface area contributed by atoms with Gasteiger partial charge in [-0.1, -0.05) is 51.1 Å². The van der Waals surface area contributed by atoms with Crippen molar-refractivity contribution in [3.8, 4) is 5.75 Å². The van der Waals surface area contributed by atoms with Gasteiger partial charge in [0.2, 0.25) is 0 Å². The molecule has 0 radical (unpaired) electrons. The zero-order valence-electron chi connectivity index (χ0n) is 16.4. The van der Waals surface area contributed by atoms with Crippen molar-refractivity contribution in [2.75, 3.05) is 17.7 Å². The summed E-state index contributed by atoms with van der Waals surface area (Å²) in [6.45, 7) is 10.6. The van der Waals surface area contributed by atoms with E-state index in [4.69, 9.17) is 16.3 Å². The van der Waals surface area contributed by atoms with Gasteiger partial charge in [-0.3, -0.25) is 0 Å². The number of ether oxygens (including phenoxy) is 1. The van der Waals surface area contributed by atoms with Crippen LogP contribution in [0.4, 0.5) is 5.69 Å². The molecule has 1 atom stereocenters. The Morgan fingerprint density at radius 2 is 1.96 bits per heavy atom. The highest BCUT2D eigenvalue weighted by atomic mass is 35.5. The maximum atomic E-state index is 6.32. The Morgan fingerprint density at radius 3 is 2.63 bits per heavy atom. The van der Waals surface area contributed by atoms with E-state index in [0.29, 0.717) is 18.4 Å². The van der Waals surface area contributed by atoms with Crippen molar-refractivity contribution in [2.45, 2.75) is 45.6 Å². The van der Waals surface area contributed by atoms with Gasteiger partial charge in [0.15, 0.2) is 0 Å². The predicted octanol–water partition coefficient (Wildman–Crippen LogP) is 6.83. The van der Waals surface area contributed by atoms with Gasteiger partial charge < -0.3 is 10.1 Å². The molecule has 0 spiro atoms. The molecular weight excluding hydrogens is 374 g/mol. The lowest BCUT2D eigenvalue weighted by molar-refractivity contribution is 0.310. The molecule has 0 unspecified atom stereocenters. The van der Waals surface area contributed by atoms with Crippen LogP contribution in [0.25, 0.3) is 10.1 Å². The van der Waals surface area contributed by atoms with Crippen LogP contribution in [0, 0.1) is 6.92 Å². The quantitative estimate of drug-likeness (QED) is 0.485. The molecule has 1 N–H and O–H groups in total. The topological polar surface area (TPSA) is 21.3 Å².